The van der Waals surface area contributed by atoms with Crippen LogP contribution in [0.3, 0.4) is 0 Å². The summed E-state index contributed by atoms with van der Waals surface area (Å²) in [7, 11) is -0.384. The van der Waals surface area contributed by atoms with Crippen LogP contribution in [0.4, 0.5) is 0 Å². The number of rotatable bonds is 2. The molecule has 0 saturated carbocycles. The molecule has 3 nitrogen and oxygen atoms in total. The highest BCUT2D eigenvalue weighted by molar-refractivity contribution is 9.11. The largest absolute Gasteiger partial charge is 0.481 e. The first-order valence-corrected chi connectivity index (χ1v) is 7.20. The molecule has 1 fully saturated rings. The van der Waals surface area contributed by atoms with Crippen molar-refractivity contribution < 1.29 is 9.31 Å². The van der Waals surface area contributed by atoms with Crippen LogP contribution in [0.25, 0.3) is 0 Å². The van der Waals surface area contributed by atoms with Crippen molar-refractivity contribution in [3.8, 4) is 0 Å². The predicted octanol–water partition coefficient (Wildman–Crippen LogP) is 3.14. The van der Waals surface area contributed by atoms with E-state index in [4.69, 9.17) is 15.0 Å². The van der Waals surface area contributed by atoms with E-state index in [0.29, 0.717) is 0 Å². The second-order valence-electron chi connectivity index (χ2n) is 5.29. The van der Waals surface area contributed by atoms with Crippen molar-refractivity contribution in [2.45, 2.75) is 44.8 Å². The molecule has 0 aromatic carbocycles. The van der Waals surface area contributed by atoms with E-state index < -0.39 is 0 Å². The second kappa shape index (κ2) is 4.35. The fraction of sp³-hybridized carbons (Fsp3) is 0.636. The Kier molecular flexibility index (Phi) is 3.47. The van der Waals surface area contributed by atoms with E-state index in [1.54, 1.807) is 11.3 Å². The maximum absolute atomic E-state index is 6.20. The molecule has 0 spiro atoms. The van der Waals surface area contributed by atoms with Gasteiger partial charge in [-0.1, -0.05) is 0 Å². The van der Waals surface area contributed by atoms with Crippen LogP contribution in [0, 0.1) is 0 Å². The van der Waals surface area contributed by atoms with Gasteiger partial charge in [0.2, 0.25) is 0 Å². The summed E-state index contributed by atoms with van der Waals surface area (Å²) in [5.74, 6) is -0.243. The van der Waals surface area contributed by atoms with Crippen molar-refractivity contribution in [2.24, 2.45) is 5.73 Å². The Morgan fingerprint density at radius 3 is 2.18 bits per heavy atom. The summed E-state index contributed by atoms with van der Waals surface area (Å²) in [6.45, 7) is 8.13. The second-order valence-corrected chi connectivity index (χ2v) is 7.79. The van der Waals surface area contributed by atoms with E-state index in [1.165, 1.54) is 0 Å². The van der Waals surface area contributed by atoms with Crippen molar-refractivity contribution in [1.82, 2.24) is 0 Å². The average Bonchev–Trinajstić information content (AvgIpc) is 2.69. The maximum atomic E-state index is 6.20. The molecule has 2 N–H and O–H groups in total. The molecular formula is C11H17BBrNO2S. The first kappa shape index (κ1) is 13.6. The molecule has 0 unspecified atom stereocenters. The van der Waals surface area contributed by atoms with Crippen LogP contribution in [0.1, 0.15) is 38.5 Å². The summed E-state index contributed by atoms with van der Waals surface area (Å²) in [6.07, 6.45) is 0. The Morgan fingerprint density at radius 1 is 1.24 bits per heavy atom. The van der Waals surface area contributed by atoms with Gasteiger partial charge in [-0.2, -0.15) is 0 Å². The zero-order valence-electron chi connectivity index (χ0n) is 10.5. The predicted molar refractivity (Wildman–Crippen MR) is 75.0 cm³/mol. The summed E-state index contributed by atoms with van der Waals surface area (Å²) in [5.41, 5.74) is 5.54. The zero-order chi connectivity index (χ0) is 12.8. The van der Waals surface area contributed by atoms with E-state index in [1.807, 2.05) is 39.8 Å². The molecule has 0 radical (unpaired) electrons. The third kappa shape index (κ3) is 2.47. The zero-order valence-corrected chi connectivity index (χ0v) is 12.9. The summed E-state index contributed by atoms with van der Waals surface area (Å²) < 4.78 is 12.9. The molecule has 17 heavy (non-hydrogen) atoms. The molecule has 6 heteroatoms. The van der Waals surface area contributed by atoms with Crippen molar-refractivity contribution in [2.75, 3.05) is 0 Å². The van der Waals surface area contributed by atoms with Gasteiger partial charge in [-0.05, 0) is 55.8 Å². The van der Waals surface area contributed by atoms with E-state index in [-0.39, 0.29) is 24.3 Å². The molecule has 1 atom stereocenters. The minimum atomic E-state index is -0.384. The van der Waals surface area contributed by atoms with Gasteiger partial charge >= 0.3 is 7.12 Å². The van der Waals surface area contributed by atoms with Crippen molar-refractivity contribution in [3.05, 3.63) is 20.8 Å². The molecular weight excluding hydrogens is 301 g/mol. The van der Waals surface area contributed by atoms with E-state index >= 15 is 0 Å². The van der Waals surface area contributed by atoms with Crippen molar-refractivity contribution >= 4 is 34.4 Å². The van der Waals surface area contributed by atoms with Crippen LogP contribution < -0.4 is 5.73 Å². The van der Waals surface area contributed by atoms with Crippen LogP contribution in [-0.2, 0) is 9.31 Å². The van der Waals surface area contributed by atoms with Crippen LogP contribution >= 0.6 is 27.3 Å². The minimum absolute atomic E-state index is 0.243. The molecule has 1 aliphatic rings. The Balaban J connectivity index is 2.16. The summed E-state index contributed by atoms with van der Waals surface area (Å²) in [6, 6.07) is 4.00. The lowest BCUT2D eigenvalue weighted by molar-refractivity contribution is 0.00578. The SMILES string of the molecule is CC1(C)OB([C@H](N)c2ccc(Br)s2)OC1(C)C. The fourth-order valence-corrected chi connectivity index (χ4v) is 3.11. The minimum Gasteiger partial charge on any atom is -0.402 e. The monoisotopic (exact) mass is 317 g/mol. The third-order valence-corrected chi connectivity index (χ3v) is 5.21. The van der Waals surface area contributed by atoms with E-state index in [2.05, 4.69) is 15.9 Å². The van der Waals surface area contributed by atoms with Crippen LogP contribution in [-0.4, -0.2) is 18.3 Å². The molecule has 1 saturated heterocycles. The van der Waals surface area contributed by atoms with E-state index in [0.717, 1.165) is 8.66 Å². The summed E-state index contributed by atoms with van der Waals surface area (Å²) in [5, 5.41) is 0. The highest BCUT2D eigenvalue weighted by Crippen LogP contribution is 2.40. The molecule has 0 aliphatic carbocycles. The average molecular weight is 318 g/mol. The molecule has 2 rings (SSSR count). The standard InChI is InChI=1S/C11H17BBrNO2S/c1-10(2)11(3,4)16-12(15-10)9(14)7-5-6-8(13)17-7/h5-6,9H,14H2,1-4H3/t9-/m1/s1. The number of halogens is 1. The molecule has 94 valence electrons. The topological polar surface area (TPSA) is 44.5 Å². The molecule has 1 aromatic rings. The van der Waals surface area contributed by atoms with Crippen LogP contribution in [0.5, 0.6) is 0 Å². The lowest BCUT2D eigenvalue weighted by Gasteiger charge is -2.32. The summed E-state index contributed by atoms with van der Waals surface area (Å²) in [4.78, 5) is 1.07. The van der Waals surface area contributed by atoms with Gasteiger partial charge in [-0.3, -0.25) is 0 Å². The Hall–Kier alpha value is 0.125. The van der Waals surface area contributed by atoms with Crippen LogP contribution in [0.2, 0.25) is 0 Å². The normalized spacial score (nSPS) is 24.0. The first-order valence-electron chi connectivity index (χ1n) is 5.59. The van der Waals surface area contributed by atoms with E-state index in [9.17, 15) is 0 Å². The Bertz CT molecular complexity index is 405. The van der Waals surface area contributed by atoms with Gasteiger partial charge in [0.25, 0.3) is 0 Å². The molecule has 2 heterocycles. The number of nitrogens with two attached hydrogens (primary N) is 1. The first-order chi connectivity index (χ1) is 7.73. The lowest BCUT2D eigenvalue weighted by atomic mass is 9.78. The quantitative estimate of drug-likeness (QED) is 0.852. The Morgan fingerprint density at radius 2 is 1.76 bits per heavy atom. The summed E-state index contributed by atoms with van der Waals surface area (Å²) >= 11 is 5.05. The molecule has 0 bridgehead atoms. The van der Waals surface area contributed by atoms with Crippen molar-refractivity contribution in [3.63, 3.8) is 0 Å². The highest BCUT2D eigenvalue weighted by atomic mass is 79.9. The number of hydrogen-bond donors (Lipinski definition) is 1. The van der Waals surface area contributed by atoms with Gasteiger partial charge in [0.05, 0.1) is 20.9 Å². The number of hydrogen-bond acceptors (Lipinski definition) is 4. The van der Waals surface area contributed by atoms with Gasteiger partial charge in [0.1, 0.15) is 0 Å². The van der Waals surface area contributed by atoms with Gasteiger partial charge in [-0.15, -0.1) is 11.3 Å². The molecule has 1 aliphatic heterocycles. The highest BCUT2D eigenvalue weighted by Gasteiger charge is 2.53. The molecule has 1 aromatic heterocycles. The van der Waals surface area contributed by atoms with Crippen molar-refractivity contribution in [1.29, 1.82) is 0 Å². The molecule has 0 amide bonds. The third-order valence-electron chi connectivity index (χ3n) is 3.49. The Labute approximate surface area is 115 Å². The van der Waals surface area contributed by atoms with Gasteiger partial charge in [0.15, 0.2) is 0 Å². The van der Waals surface area contributed by atoms with Gasteiger partial charge < -0.3 is 15.0 Å². The van der Waals surface area contributed by atoms with Gasteiger partial charge in [0, 0.05) is 4.88 Å². The fourth-order valence-electron chi connectivity index (χ4n) is 1.68. The smallest absolute Gasteiger partial charge is 0.402 e. The van der Waals surface area contributed by atoms with Crippen LogP contribution in [0.15, 0.2) is 15.9 Å². The maximum Gasteiger partial charge on any atom is 0.481 e. The lowest BCUT2D eigenvalue weighted by Crippen LogP contribution is -2.41. The number of thiophene rings is 1. The van der Waals surface area contributed by atoms with Gasteiger partial charge in [-0.25, -0.2) is 0 Å².